The number of benzene rings is 1. The first-order valence-corrected chi connectivity index (χ1v) is 5.23. The van der Waals surface area contributed by atoms with Crippen molar-refractivity contribution < 1.29 is 4.74 Å². The second kappa shape index (κ2) is 6.82. The van der Waals surface area contributed by atoms with E-state index in [4.69, 9.17) is 16.3 Å². The van der Waals surface area contributed by atoms with Crippen LogP contribution in [0.3, 0.4) is 0 Å². The van der Waals surface area contributed by atoms with E-state index in [-0.39, 0.29) is 0 Å². The Hall–Kier alpha value is -0.570. The standard InChI is InChI=1S/C11H16ClNO/c1-2-13-7-8-14-9-10-3-5-11(12)6-4-10/h3-6,13H,2,7-9H2,1H3. The van der Waals surface area contributed by atoms with Crippen LogP contribution >= 0.6 is 11.6 Å². The van der Waals surface area contributed by atoms with E-state index >= 15 is 0 Å². The van der Waals surface area contributed by atoms with Gasteiger partial charge in [-0.25, -0.2) is 0 Å². The fourth-order valence-corrected chi connectivity index (χ4v) is 1.22. The third-order valence-corrected chi connectivity index (χ3v) is 2.11. The van der Waals surface area contributed by atoms with Crippen LogP contribution in [0.5, 0.6) is 0 Å². The van der Waals surface area contributed by atoms with E-state index in [9.17, 15) is 0 Å². The monoisotopic (exact) mass is 213 g/mol. The lowest BCUT2D eigenvalue weighted by Gasteiger charge is -2.04. The average molecular weight is 214 g/mol. The van der Waals surface area contributed by atoms with E-state index in [1.54, 1.807) is 0 Å². The number of rotatable bonds is 6. The number of halogens is 1. The van der Waals surface area contributed by atoms with E-state index in [0.29, 0.717) is 6.61 Å². The van der Waals surface area contributed by atoms with Crippen LogP contribution in [0.25, 0.3) is 0 Å². The van der Waals surface area contributed by atoms with E-state index in [2.05, 4.69) is 12.2 Å². The normalized spacial score (nSPS) is 10.4. The van der Waals surface area contributed by atoms with Gasteiger partial charge in [0.1, 0.15) is 0 Å². The SMILES string of the molecule is CCNCCOCc1ccc(Cl)cc1. The zero-order chi connectivity index (χ0) is 10.2. The Bertz CT molecular complexity index is 248. The maximum atomic E-state index is 5.76. The Morgan fingerprint density at radius 1 is 1.29 bits per heavy atom. The minimum absolute atomic E-state index is 0.655. The van der Waals surface area contributed by atoms with Crippen LogP contribution in [0, 0.1) is 0 Å². The molecule has 1 rings (SSSR count). The summed E-state index contributed by atoms with van der Waals surface area (Å²) in [6.07, 6.45) is 0. The summed E-state index contributed by atoms with van der Waals surface area (Å²) in [4.78, 5) is 0. The Morgan fingerprint density at radius 3 is 2.64 bits per heavy atom. The average Bonchev–Trinajstić information content (AvgIpc) is 2.21. The van der Waals surface area contributed by atoms with Gasteiger partial charge in [-0.2, -0.15) is 0 Å². The van der Waals surface area contributed by atoms with Gasteiger partial charge < -0.3 is 10.1 Å². The fraction of sp³-hybridized carbons (Fsp3) is 0.455. The Labute approximate surface area is 90.2 Å². The smallest absolute Gasteiger partial charge is 0.0717 e. The van der Waals surface area contributed by atoms with E-state index in [0.717, 1.165) is 30.3 Å². The van der Waals surface area contributed by atoms with E-state index in [1.165, 1.54) is 0 Å². The van der Waals surface area contributed by atoms with Crippen molar-refractivity contribution >= 4 is 11.6 Å². The molecule has 78 valence electrons. The first-order valence-electron chi connectivity index (χ1n) is 4.86. The molecule has 1 N–H and O–H groups in total. The van der Waals surface area contributed by atoms with Crippen molar-refractivity contribution in [2.75, 3.05) is 19.7 Å². The minimum atomic E-state index is 0.655. The molecule has 0 amide bonds. The quantitative estimate of drug-likeness (QED) is 0.734. The molecule has 0 fully saturated rings. The van der Waals surface area contributed by atoms with Gasteiger partial charge in [-0.15, -0.1) is 0 Å². The summed E-state index contributed by atoms with van der Waals surface area (Å²) in [6, 6.07) is 7.72. The van der Waals surface area contributed by atoms with Gasteiger partial charge in [-0.3, -0.25) is 0 Å². The lowest BCUT2D eigenvalue weighted by atomic mass is 10.2. The zero-order valence-corrected chi connectivity index (χ0v) is 9.18. The zero-order valence-electron chi connectivity index (χ0n) is 8.42. The molecule has 0 heterocycles. The second-order valence-corrected chi connectivity index (χ2v) is 3.47. The third-order valence-electron chi connectivity index (χ3n) is 1.86. The minimum Gasteiger partial charge on any atom is -0.375 e. The number of hydrogen-bond donors (Lipinski definition) is 1. The van der Waals surface area contributed by atoms with Crippen LogP contribution in [0.15, 0.2) is 24.3 Å². The van der Waals surface area contributed by atoms with Gasteiger partial charge in [0, 0.05) is 11.6 Å². The summed E-state index contributed by atoms with van der Waals surface area (Å²) in [5.41, 5.74) is 1.16. The topological polar surface area (TPSA) is 21.3 Å². The first kappa shape index (κ1) is 11.5. The molecule has 0 aromatic heterocycles. The molecule has 0 aliphatic carbocycles. The third kappa shape index (κ3) is 4.61. The lowest BCUT2D eigenvalue weighted by molar-refractivity contribution is 0.123. The van der Waals surface area contributed by atoms with Gasteiger partial charge in [0.25, 0.3) is 0 Å². The van der Waals surface area contributed by atoms with Gasteiger partial charge in [0.05, 0.1) is 13.2 Å². The van der Waals surface area contributed by atoms with Gasteiger partial charge in [-0.05, 0) is 24.2 Å². The molecule has 1 aromatic rings. The highest BCUT2D eigenvalue weighted by molar-refractivity contribution is 6.30. The van der Waals surface area contributed by atoms with Crippen molar-refractivity contribution in [2.24, 2.45) is 0 Å². The molecule has 0 saturated carbocycles. The van der Waals surface area contributed by atoms with Crippen LogP contribution < -0.4 is 5.32 Å². The largest absolute Gasteiger partial charge is 0.375 e. The molecule has 0 spiro atoms. The maximum Gasteiger partial charge on any atom is 0.0717 e. The summed E-state index contributed by atoms with van der Waals surface area (Å²) >= 11 is 5.76. The van der Waals surface area contributed by atoms with Crippen LogP contribution in [0.1, 0.15) is 12.5 Å². The summed E-state index contributed by atoms with van der Waals surface area (Å²) < 4.78 is 5.46. The summed E-state index contributed by atoms with van der Waals surface area (Å²) in [6.45, 7) is 5.38. The fourth-order valence-electron chi connectivity index (χ4n) is 1.09. The van der Waals surface area contributed by atoms with Gasteiger partial charge in [-0.1, -0.05) is 30.7 Å². The maximum absolute atomic E-state index is 5.76. The highest BCUT2D eigenvalue weighted by Crippen LogP contribution is 2.09. The molecule has 14 heavy (non-hydrogen) atoms. The van der Waals surface area contributed by atoms with Crippen LogP contribution in [-0.2, 0) is 11.3 Å². The number of nitrogens with one attached hydrogen (secondary N) is 1. The Morgan fingerprint density at radius 2 is 2.00 bits per heavy atom. The Balaban J connectivity index is 2.15. The molecule has 1 aromatic carbocycles. The van der Waals surface area contributed by atoms with Crippen LogP contribution in [-0.4, -0.2) is 19.7 Å². The number of likely N-dealkylation sites (N-methyl/N-ethyl adjacent to an activating group) is 1. The van der Waals surface area contributed by atoms with Crippen molar-refractivity contribution in [3.05, 3.63) is 34.9 Å². The van der Waals surface area contributed by atoms with Gasteiger partial charge in [0.2, 0.25) is 0 Å². The second-order valence-electron chi connectivity index (χ2n) is 3.03. The van der Waals surface area contributed by atoms with Crippen LogP contribution in [0.2, 0.25) is 5.02 Å². The van der Waals surface area contributed by atoms with Crippen molar-refractivity contribution in [3.63, 3.8) is 0 Å². The van der Waals surface area contributed by atoms with E-state index < -0.39 is 0 Å². The molecule has 0 saturated heterocycles. The molecular weight excluding hydrogens is 198 g/mol. The highest BCUT2D eigenvalue weighted by Gasteiger charge is 1.92. The summed E-state index contributed by atoms with van der Waals surface area (Å²) in [5.74, 6) is 0. The summed E-state index contributed by atoms with van der Waals surface area (Å²) in [7, 11) is 0. The lowest BCUT2D eigenvalue weighted by Crippen LogP contribution is -2.18. The van der Waals surface area contributed by atoms with Crippen LogP contribution in [0.4, 0.5) is 0 Å². The first-order chi connectivity index (χ1) is 6.83. The number of hydrogen-bond acceptors (Lipinski definition) is 2. The van der Waals surface area contributed by atoms with Crippen molar-refractivity contribution in [1.29, 1.82) is 0 Å². The predicted molar refractivity (Wildman–Crippen MR) is 59.7 cm³/mol. The van der Waals surface area contributed by atoms with E-state index in [1.807, 2.05) is 24.3 Å². The number of ether oxygens (including phenoxy) is 1. The summed E-state index contributed by atoms with van der Waals surface area (Å²) in [5, 5.41) is 3.96. The molecule has 0 radical (unpaired) electrons. The molecule has 0 bridgehead atoms. The van der Waals surface area contributed by atoms with Crippen molar-refractivity contribution in [2.45, 2.75) is 13.5 Å². The molecular formula is C11H16ClNO. The predicted octanol–water partition coefficient (Wildman–Crippen LogP) is 2.47. The molecule has 0 aliphatic heterocycles. The molecule has 0 unspecified atom stereocenters. The van der Waals surface area contributed by atoms with Gasteiger partial charge in [0.15, 0.2) is 0 Å². The molecule has 0 atom stereocenters. The molecule has 2 nitrogen and oxygen atoms in total. The van der Waals surface area contributed by atoms with Crippen molar-refractivity contribution in [1.82, 2.24) is 5.32 Å². The van der Waals surface area contributed by atoms with Crippen molar-refractivity contribution in [3.8, 4) is 0 Å². The Kier molecular flexibility index (Phi) is 5.60. The highest BCUT2D eigenvalue weighted by atomic mass is 35.5. The molecule has 3 heteroatoms. The van der Waals surface area contributed by atoms with Gasteiger partial charge >= 0.3 is 0 Å². The molecule has 0 aliphatic rings.